The second-order valence-electron chi connectivity index (χ2n) is 6.69. The zero-order chi connectivity index (χ0) is 22.9. The van der Waals surface area contributed by atoms with Gasteiger partial charge in [-0.05, 0) is 5.92 Å². The van der Waals surface area contributed by atoms with Crippen LogP contribution in [0.15, 0.2) is 0 Å². The third kappa shape index (κ3) is 10.4. The molecule has 0 fully saturated rings. The van der Waals surface area contributed by atoms with Gasteiger partial charge in [0.05, 0.1) is 16.5 Å². The zero-order valence-corrected chi connectivity index (χ0v) is 17.9. The monoisotopic (exact) mass is 456 g/mol. The summed E-state index contributed by atoms with van der Waals surface area (Å²) in [5.74, 6) is -5.04. The molecule has 12 nitrogen and oxygen atoms in total. The zero-order valence-electron chi connectivity index (χ0n) is 16.2. The number of thiol groups is 1. The average molecular weight is 457 g/mol. The van der Waals surface area contributed by atoms with Gasteiger partial charge < -0.3 is 31.8 Å². The van der Waals surface area contributed by atoms with Gasteiger partial charge in [-0.25, -0.2) is 8.42 Å². The van der Waals surface area contributed by atoms with E-state index in [0.717, 1.165) is 0 Å². The third-order valence-electron chi connectivity index (χ3n) is 4.29. The van der Waals surface area contributed by atoms with Gasteiger partial charge in [-0.2, -0.15) is 12.6 Å². The Balaban J connectivity index is 5.22. The number of hydrogen-bond donors (Lipinski definition) is 6. The first-order valence-electron chi connectivity index (χ1n) is 8.76. The van der Waals surface area contributed by atoms with Gasteiger partial charge in [0, 0.05) is 12.2 Å². The van der Waals surface area contributed by atoms with E-state index in [4.69, 9.17) is 10.8 Å². The first kappa shape index (κ1) is 27.1. The molecule has 0 aromatic rings. The van der Waals surface area contributed by atoms with Crippen LogP contribution in [0.2, 0.25) is 0 Å². The molecule has 8 N–H and O–H groups in total. The van der Waals surface area contributed by atoms with Crippen LogP contribution in [0.4, 0.5) is 0 Å². The van der Waals surface area contributed by atoms with E-state index in [1.54, 1.807) is 13.8 Å². The van der Waals surface area contributed by atoms with Crippen molar-refractivity contribution >= 4 is 46.4 Å². The molecule has 0 unspecified atom stereocenters. The summed E-state index contributed by atoms with van der Waals surface area (Å²) in [6.07, 6.45) is -0.462. The second-order valence-corrected chi connectivity index (χ2v) is 8.77. The average Bonchev–Trinajstić information content (AvgIpc) is 2.60. The minimum absolute atomic E-state index is 0.198. The van der Waals surface area contributed by atoms with Crippen molar-refractivity contribution in [3.05, 3.63) is 0 Å². The van der Waals surface area contributed by atoms with Crippen LogP contribution in [0.25, 0.3) is 0 Å². The van der Waals surface area contributed by atoms with Crippen LogP contribution in [0.1, 0.15) is 33.1 Å². The minimum Gasteiger partial charge on any atom is -0.748 e. The van der Waals surface area contributed by atoms with E-state index >= 15 is 0 Å². The second kappa shape index (κ2) is 11.9. The van der Waals surface area contributed by atoms with Gasteiger partial charge in [0.1, 0.15) is 23.4 Å². The summed E-state index contributed by atoms with van der Waals surface area (Å²) in [5.41, 5.74) is 8.72. The van der Waals surface area contributed by atoms with E-state index in [-0.39, 0.29) is 6.42 Å². The number of primary amides is 1. The summed E-state index contributed by atoms with van der Waals surface area (Å²) in [7, 11) is -4.48. The van der Waals surface area contributed by atoms with E-state index in [1.165, 1.54) is 0 Å². The highest BCUT2D eigenvalue weighted by molar-refractivity contribution is 7.85. The summed E-state index contributed by atoms with van der Waals surface area (Å²) in [6, 6.07) is -3.42. The van der Waals surface area contributed by atoms with E-state index < -0.39 is 75.3 Å². The molecule has 0 aliphatic heterocycles. The Morgan fingerprint density at radius 2 is 1.76 bits per heavy atom. The molecule has 168 valence electrons. The summed E-state index contributed by atoms with van der Waals surface area (Å²) in [5, 5.41) is 12.4. The summed E-state index contributed by atoms with van der Waals surface area (Å²) in [4.78, 5) is 47.1. The number of carboxylic acids is 1. The van der Waals surface area contributed by atoms with Gasteiger partial charge in [0.25, 0.3) is 0 Å². The predicted molar refractivity (Wildman–Crippen MR) is 103 cm³/mol. The smallest absolute Gasteiger partial charge is 0.305 e. The number of carbonyl (C=O) groups is 4. The molecule has 0 aliphatic carbocycles. The van der Waals surface area contributed by atoms with Gasteiger partial charge in [-0.3, -0.25) is 19.2 Å². The van der Waals surface area contributed by atoms with Gasteiger partial charge >= 0.3 is 5.97 Å². The van der Waals surface area contributed by atoms with Crippen LogP contribution in [0.3, 0.4) is 0 Å². The molecule has 0 bridgehead atoms. The molecule has 0 radical (unpaired) electrons. The third-order valence-corrected chi connectivity index (χ3v) is 5.68. The summed E-state index contributed by atoms with van der Waals surface area (Å²) in [6.45, 7) is 3.40. The Kier molecular flexibility index (Phi) is 11.2. The SMILES string of the molecule is CC[C@@H](C)[C@H](NC(=O)[C@@H](S)[C@H]([NH3+])CCS(=O)(=O)[O-])C(=O)N[C@@H](CC(=O)O)C(N)=O. The molecular weight excluding hydrogens is 428 g/mol. The fraction of sp³-hybridized carbons (Fsp3) is 0.733. The lowest BCUT2D eigenvalue weighted by molar-refractivity contribution is -0.416. The lowest BCUT2D eigenvalue weighted by Gasteiger charge is -2.27. The van der Waals surface area contributed by atoms with Crippen molar-refractivity contribution in [1.29, 1.82) is 0 Å². The number of nitrogens with one attached hydrogen (secondary N) is 2. The minimum atomic E-state index is -4.48. The molecule has 0 rings (SSSR count). The first-order chi connectivity index (χ1) is 13.2. The maximum Gasteiger partial charge on any atom is 0.305 e. The molecule has 0 aromatic carbocycles. The highest BCUT2D eigenvalue weighted by Gasteiger charge is 2.33. The van der Waals surface area contributed by atoms with Crippen molar-refractivity contribution in [3.8, 4) is 0 Å². The van der Waals surface area contributed by atoms with Crippen LogP contribution in [0, 0.1) is 5.92 Å². The molecule has 0 aromatic heterocycles. The molecule has 3 amide bonds. The van der Waals surface area contributed by atoms with E-state index in [9.17, 15) is 32.1 Å². The standard InChI is InChI=1S/C15H28N4O8S2/c1-3-7(2)11(14(23)18-9(13(17)22)6-10(20)21)19-15(24)12(28)8(16)4-5-29(25,26)27/h7-9,11-12,28H,3-6,16H2,1-2H3,(H2,17,22)(H,18,23)(H,19,24)(H,20,21)(H,25,26,27)/t7-,8-,9+,11+,12+/m1/s1. The number of quaternary nitrogens is 1. The topological polar surface area (TPSA) is 223 Å². The number of nitrogens with two attached hydrogens (primary N) is 1. The van der Waals surface area contributed by atoms with E-state index in [0.29, 0.717) is 6.42 Å². The quantitative estimate of drug-likeness (QED) is 0.122. The molecule has 29 heavy (non-hydrogen) atoms. The molecule has 5 atom stereocenters. The lowest BCUT2D eigenvalue weighted by Crippen LogP contribution is -2.69. The molecule has 14 heteroatoms. The van der Waals surface area contributed by atoms with Crippen molar-refractivity contribution in [3.63, 3.8) is 0 Å². The van der Waals surface area contributed by atoms with Crippen LogP contribution in [0.5, 0.6) is 0 Å². The number of carboxylic acid groups (broad SMARTS) is 1. The highest BCUT2D eigenvalue weighted by atomic mass is 32.2. The van der Waals surface area contributed by atoms with Crippen molar-refractivity contribution in [2.75, 3.05) is 5.75 Å². The summed E-state index contributed by atoms with van der Waals surface area (Å²) >= 11 is 4.08. The maximum atomic E-state index is 12.5. The molecule has 0 saturated carbocycles. The van der Waals surface area contributed by atoms with Gasteiger partial charge in [0.15, 0.2) is 0 Å². The largest absolute Gasteiger partial charge is 0.748 e. The molecule has 0 heterocycles. The number of hydrogen-bond acceptors (Lipinski definition) is 8. The van der Waals surface area contributed by atoms with Crippen LogP contribution >= 0.6 is 12.6 Å². The van der Waals surface area contributed by atoms with Crippen molar-refractivity contribution in [2.24, 2.45) is 11.7 Å². The number of carbonyl (C=O) groups excluding carboxylic acids is 3. The Morgan fingerprint density at radius 1 is 1.21 bits per heavy atom. The van der Waals surface area contributed by atoms with Gasteiger partial charge in [0.2, 0.25) is 17.7 Å². The van der Waals surface area contributed by atoms with Gasteiger partial charge in [-0.1, -0.05) is 20.3 Å². The predicted octanol–water partition coefficient (Wildman–Crippen LogP) is -3.19. The van der Waals surface area contributed by atoms with E-state index in [1.807, 2.05) is 0 Å². The highest BCUT2D eigenvalue weighted by Crippen LogP contribution is 2.11. The fourth-order valence-corrected chi connectivity index (χ4v) is 3.08. The normalized spacial score (nSPS) is 16.7. The molecule has 0 saturated heterocycles. The van der Waals surface area contributed by atoms with Crippen LogP contribution < -0.4 is 22.1 Å². The molecule has 0 spiro atoms. The molecule has 0 aliphatic rings. The Morgan fingerprint density at radius 3 is 2.17 bits per heavy atom. The Labute approximate surface area is 174 Å². The molecular formula is C15H28N4O8S2. The summed E-state index contributed by atoms with van der Waals surface area (Å²) < 4.78 is 32.1. The van der Waals surface area contributed by atoms with Gasteiger partial charge in [-0.15, -0.1) is 0 Å². The number of aliphatic carboxylic acids is 1. The van der Waals surface area contributed by atoms with Crippen molar-refractivity contribution in [1.82, 2.24) is 10.6 Å². The number of amides is 3. The Hall–Kier alpha value is -1.90. The first-order valence-corrected chi connectivity index (χ1v) is 10.9. The Bertz CT molecular complexity index is 715. The van der Waals surface area contributed by atoms with Crippen molar-refractivity contribution in [2.45, 2.75) is 56.5 Å². The van der Waals surface area contributed by atoms with Crippen LogP contribution in [-0.2, 0) is 29.3 Å². The lowest BCUT2D eigenvalue weighted by atomic mass is 9.97. The number of rotatable bonds is 13. The van der Waals surface area contributed by atoms with Crippen LogP contribution in [-0.4, -0.2) is 70.9 Å². The fourth-order valence-electron chi connectivity index (χ4n) is 2.27. The van der Waals surface area contributed by atoms with Crippen molar-refractivity contribution < 1.29 is 43.0 Å². The maximum absolute atomic E-state index is 12.5. The van der Waals surface area contributed by atoms with E-state index in [2.05, 4.69) is 29.0 Å².